The van der Waals surface area contributed by atoms with Gasteiger partial charge in [-0.25, -0.2) is 9.67 Å². The van der Waals surface area contributed by atoms with Gasteiger partial charge in [-0.1, -0.05) is 44.0 Å². The van der Waals surface area contributed by atoms with E-state index in [4.69, 9.17) is 14.6 Å². The van der Waals surface area contributed by atoms with Crippen LogP contribution in [0.3, 0.4) is 0 Å². The molecule has 4 heterocycles. The number of rotatable bonds is 10. The van der Waals surface area contributed by atoms with Gasteiger partial charge in [-0.15, -0.1) is 0 Å². The topological polar surface area (TPSA) is 94.6 Å². The Kier molecular flexibility index (Phi) is 8.34. The first-order valence-corrected chi connectivity index (χ1v) is 17.9. The van der Waals surface area contributed by atoms with E-state index in [1.54, 1.807) is 9.25 Å². The normalized spacial score (nSPS) is 17.2. The number of morpholine rings is 1. The minimum absolute atomic E-state index is 0.00515. The molecule has 1 fully saturated rings. The highest BCUT2D eigenvalue weighted by atomic mass is 32.1. The van der Waals surface area contributed by atoms with Crippen LogP contribution in [0.1, 0.15) is 24.1 Å². The van der Waals surface area contributed by atoms with Crippen molar-refractivity contribution in [1.82, 2.24) is 19.3 Å². The summed E-state index contributed by atoms with van der Waals surface area (Å²) >= 11 is 1.26. The standard InChI is InChI=1S/C28H37N5O4SSi/c1-20(21-5-7-25-26(15-21)38-28(35)32(25)19-36-13-14-39(2,3)4)24-9-10-33(30-24)27-8-6-22(16-29-27)31-11-12-37-23(17-31)18-34/h5-10,15-16,20,23,34H,11-14,17-19H2,1-4H3. The molecule has 0 bridgehead atoms. The van der Waals surface area contributed by atoms with Crippen LogP contribution in [0, 0.1) is 0 Å². The molecular weight excluding hydrogens is 530 g/mol. The lowest BCUT2D eigenvalue weighted by Crippen LogP contribution is -2.44. The molecule has 39 heavy (non-hydrogen) atoms. The van der Waals surface area contributed by atoms with Crippen LogP contribution < -0.4 is 9.77 Å². The van der Waals surface area contributed by atoms with Gasteiger partial charge in [0.15, 0.2) is 5.82 Å². The summed E-state index contributed by atoms with van der Waals surface area (Å²) in [5.41, 5.74) is 3.95. The first-order valence-electron chi connectivity index (χ1n) is 13.4. The maximum absolute atomic E-state index is 12.7. The van der Waals surface area contributed by atoms with E-state index in [0.717, 1.165) is 45.6 Å². The molecule has 3 aromatic heterocycles. The van der Waals surface area contributed by atoms with Gasteiger partial charge in [0.1, 0.15) is 6.73 Å². The van der Waals surface area contributed by atoms with E-state index in [2.05, 4.69) is 48.6 Å². The molecule has 5 rings (SSSR count). The van der Waals surface area contributed by atoms with Gasteiger partial charge in [0.2, 0.25) is 0 Å². The molecule has 1 N–H and O–H groups in total. The first kappa shape index (κ1) is 27.7. The van der Waals surface area contributed by atoms with E-state index in [-0.39, 0.29) is 23.5 Å². The van der Waals surface area contributed by atoms with Crippen molar-refractivity contribution in [3.05, 3.63) is 69.7 Å². The van der Waals surface area contributed by atoms with Crippen molar-refractivity contribution >= 4 is 35.3 Å². The van der Waals surface area contributed by atoms with Gasteiger partial charge in [0.05, 0.1) is 47.1 Å². The molecule has 11 heteroatoms. The molecule has 208 valence electrons. The largest absolute Gasteiger partial charge is 0.394 e. The molecule has 0 saturated carbocycles. The second kappa shape index (κ2) is 11.7. The number of anilines is 1. The first-order chi connectivity index (χ1) is 18.7. The number of pyridine rings is 1. The SMILES string of the molecule is CC(c1ccc2c(c1)sc(=O)n2COCC[Si](C)(C)C)c1ccn(-c2ccc(N3CCOC(CO)C3)cn2)n1. The minimum Gasteiger partial charge on any atom is -0.394 e. The van der Waals surface area contributed by atoms with Crippen LogP contribution in [0.2, 0.25) is 25.7 Å². The molecule has 2 atom stereocenters. The number of ether oxygens (including phenoxy) is 2. The summed E-state index contributed by atoms with van der Waals surface area (Å²) in [5, 5.41) is 14.2. The summed E-state index contributed by atoms with van der Waals surface area (Å²) < 4.78 is 15.9. The van der Waals surface area contributed by atoms with Crippen LogP contribution in [0.15, 0.2) is 53.6 Å². The fourth-order valence-electron chi connectivity index (χ4n) is 4.64. The van der Waals surface area contributed by atoms with E-state index >= 15 is 0 Å². The predicted octanol–water partition coefficient (Wildman–Crippen LogP) is 4.31. The van der Waals surface area contributed by atoms with E-state index in [1.165, 1.54) is 11.3 Å². The van der Waals surface area contributed by atoms with Gasteiger partial charge in [0.25, 0.3) is 0 Å². The highest BCUT2D eigenvalue weighted by molar-refractivity contribution is 7.16. The molecule has 0 spiro atoms. The summed E-state index contributed by atoms with van der Waals surface area (Å²) in [6, 6.07) is 13.3. The Morgan fingerprint density at radius 2 is 2.08 bits per heavy atom. The summed E-state index contributed by atoms with van der Waals surface area (Å²) in [7, 11) is -1.17. The van der Waals surface area contributed by atoms with Gasteiger partial charge in [0, 0.05) is 39.9 Å². The average Bonchev–Trinajstić information content (AvgIpc) is 3.54. The highest BCUT2D eigenvalue weighted by Crippen LogP contribution is 2.28. The lowest BCUT2D eigenvalue weighted by atomic mass is 9.98. The predicted molar refractivity (Wildman–Crippen MR) is 158 cm³/mol. The quantitative estimate of drug-likeness (QED) is 0.225. The van der Waals surface area contributed by atoms with Crippen LogP contribution in [0.5, 0.6) is 0 Å². The Balaban J connectivity index is 1.27. The number of aliphatic hydroxyl groups is 1. The molecule has 1 aliphatic rings. The van der Waals surface area contributed by atoms with E-state index < -0.39 is 8.07 Å². The summed E-state index contributed by atoms with van der Waals surface area (Å²) in [4.78, 5) is 19.5. The number of aliphatic hydroxyl groups excluding tert-OH is 1. The molecule has 0 amide bonds. The monoisotopic (exact) mass is 567 g/mol. The number of hydrogen-bond donors (Lipinski definition) is 1. The maximum Gasteiger partial charge on any atom is 0.310 e. The maximum atomic E-state index is 12.7. The third kappa shape index (κ3) is 6.50. The van der Waals surface area contributed by atoms with E-state index in [9.17, 15) is 9.90 Å². The van der Waals surface area contributed by atoms with Gasteiger partial charge < -0.3 is 19.5 Å². The van der Waals surface area contributed by atoms with Crippen molar-refractivity contribution in [3.63, 3.8) is 0 Å². The number of thiazole rings is 1. The molecule has 1 saturated heterocycles. The van der Waals surface area contributed by atoms with Crippen molar-refractivity contribution in [2.75, 3.05) is 37.8 Å². The van der Waals surface area contributed by atoms with Crippen molar-refractivity contribution in [2.45, 2.75) is 51.4 Å². The number of hydrogen-bond acceptors (Lipinski definition) is 8. The number of nitrogens with zero attached hydrogens (tertiary/aromatic N) is 5. The van der Waals surface area contributed by atoms with Crippen molar-refractivity contribution in [2.24, 2.45) is 0 Å². The molecular formula is C28H37N5O4SSi. The van der Waals surface area contributed by atoms with Gasteiger partial charge >= 0.3 is 4.87 Å². The fraction of sp³-hybridized carbons (Fsp3) is 0.464. The Hall–Kier alpha value is -2.83. The molecule has 1 aliphatic heterocycles. The van der Waals surface area contributed by atoms with Gasteiger partial charge in [-0.05, 0) is 41.9 Å². The molecule has 0 aliphatic carbocycles. The summed E-state index contributed by atoms with van der Waals surface area (Å²) in [6.45, 7) is 12.1. The van der Waals surface area contributed by atoms with Crippen LogP contribution in [0.4, 0.5) is 5.69 Å². The number of benzene rings is 1. The molecule has 9 nitrogen and oxygen atoms in total. The highest BCUT2D eigenvalue weighted by Gasteiger charge is 2.21. The average molecular weight is 568 g/mol. The molecule has 0 radical (unpaired) electrons. The van der Waals surface area contributed by atoms with E-state index in [0.29, 0.717) is 26.5 Å². The van der Waals surface area contributed by atoms with Crippen LogP contribution in [0.25, 0.3) is 16.0 Å². The summed E-state index contributed by atoms with van der Waals surface area (Å²) in [6.07, 6.45) is 3.60. The van der Waals surface area contributed by atoms with Gasteiger partial charge in [-0.2, -0.15) is 5.10 Å². The van der Waals surface area contributed by atoms with Crippen molar-refractivity contribution in [1.29, 1.82) is 0 Å². The van der Waals surface area contributed by atoms with Gasteiger partial charge in [-0.3, -0.25) is 9.36 Å². The zero-order valence-corrected chi connectivity index (χ0v) is 24.9. The van der Waals surface area contributed by atoms with E-state index in [1.807, 2.05) is 36.7 Å². The zero-order valence-electron chi connectivity index (χ0n) is 23.0. The van der Waals surface area contributed by atoms with Crippen molar-refractivity contribution < 1.29 is 14.6 Å². The second-order valence-corrected chi connectivity index (χ2v) is 17.9. The van der Waals surface area contributed by atoms with Crippen LogP contribution >= 0.6 is 11.3 Å². The Labute approximate surface area is 233 Å². The fourth-order valence-corrected chi connectivity index (χ4v) is 6.33. The Bertz CT molecular complexity index is 1460. The molecule has 1 aromatic carbocycles. The lowest BCUT2D eigenvalue weighted by Gasteiger charge is -2.33. The third-order valence-electron chi connectivity index (χ3n) is 7.14. The lowest BCUT2D eigenvalue weighted by molar-refractivity contribution is 0.00355. The third-order valence-corrected chi connectivity index (χ3v) is 9.78. The van der Waals surface area contributed by atoms with Crippen LogP contribution in [-0.2, 0) is 16.2 Å². The smallest absolute Gasteiger partial charge is 0.310 e. The molecule has 4 aromatic rings. The van der Waals surface area contributed by atoms with Crippen LogP contribution in [-0.4, -0.2) is 71.5 Å². The minimum atomic E-state index is -1.17. The second-order valence-electron chi connectivity index (χ2n) is 11.3. The zero-order chi connectivity index (χ0) is 27.6. The summed E-state index contributed by atoms with van der Waals surface area (Å²) in [5.74, 6) is 0.793. The molecule has 2 unspecified atom stereocenters. The Morgan fingerprint density at radius 1 is 1.23 bits per heavy atom. The number of aromatic nitrogens is 4. The number of fused-ring (bicyclic) bond motifs is 1. The van der Waals surface area contributed by atoms with Crippen molar-refractivity contribution in [3.8, 4) is 5.82 Å². The Morgan fingerprint density at radius 3 is 2.82 bits per heavy atom.